The van der Waals surface area contributed by atoms with Crippen LogP contribution in [0.25, 0.3) is 0 Å². The number of hydrogen-bond acceptors (Lipinski definition) is 6. The Kier molecular flexibility index (Phi) is 12.1. The van der Waals surface area contributed by atoms with Gasteiger partial charge in [-0.15, -0.1) is 0 Å². The number of nitrogens with two attached hydrogens (primary N) is 1. The number of aliphatic hydroxyl groups excluding tert-OH is 1. The summed E-state index contributed by atoms with van der Waals surface area (Å²) in [5.74, 6) is -0.785. The summed E-state index contributed by atoms with van der Waals surface area (Å²) in [6.45, 7) is 4.05. The van der Waals surface area contributed by atoms with Gasteiger partial charge in [-0.1, -0.05) is 38.1 Å². The van der Waals surface area contributed by atoms with Crippen molar-refractivity contribution in [2.75, 3.05) is 20.3 Å². The van der Waals surface area contributed by atoms with Crippen molar-refractivity contribution < 1.29 is 37.3 Å². The van der Waals surface area contributed by atoms with Crippen LogP contribution in [0.3, 0.4) is 0 Å². The van der Waals surface area contributed by atoms with E-state index in [1.165, 1.54) is 12.1 Å². The van der Waals surface area contributed by atoms with Gasteiger partial charge in [-0.3, -0.25) is 4.79 Å². The van der Waals surface area contributed by atoms with E-state index in [1.54, 1.807) is 24.3 Å². The number of ether oxygens (including phenoxy) is 2. The van der Waals surface area contributed by atoms with Crippen molar-refractivity contribution in [1.82, 2.24) is 5.32 Å². The highest BCUT2D eigenvalue weighted by atomic mass is 19.4. The highest BCUT2D eigenvalue weighted by molar-refractivity contribution is 5.87. The van der Waals surface area contributed by atoms with Gasteiger partial charge < -0.3 is 25.6 Å². The Bertz CT molecular complexity index is 887. The average Bonchev–Trinajstić information content (AvgIpc) is 2.83. The number of methoxy groups -OCH3 is 1. The Labute approximate surface area is 197 Å². The minimum absolute atomic E-state index is 0.0554. The first-order valence-electron chi connectivity index (χ1n) is 10.8. The van der Waals surface area contributed by atoms with Gasteiger partial charge in [-0.25, -0.2) is 4.79 Å². The lowest BCUT2D eigenvalue weighted by atomic mass is 10.0. The number of amides is 1. The first-order chi connectivity index (χ1) is 16.1. The van der Waals surface area contributed by atoms with E-state index >= 15 is 0 Å². The third-order valence-corrected chi connectivity index (χ3v) is 4.60. The Balaban J connectivity index is 0.00000281. The van der Waals surface area contributed by atoms with Crippen LogP contribution in [0.5, 0.6) is 5.75 Å². The molecule has 0 aliphatic heterocycles. The molecular weight excluding hydrogens is 453 g/mol. The molecule has 0 radical (unpaired) electrons. The molecule has 10 heteroatoms. The Morgan fingerprint density at radius 3 is 2.03 bits per heavy atom. The van der Waals surface area contributed by atoms with Crippen molar-refractivity contribution in [3.05, 3.63) is 65.2 Å². The summed E-state index contributed by atoms with van der Waals surface area (Å²) < 4.78 is 48.1. The van der Waals surface area contributed by atoms with Gasteiger partial charge in [0.1, 0.15) is 18.4 Å². The van der Waals surface area contributed by atoms with E-state index in [1.807, 2.05) is 13.8 Å². The summed E-state index contributed by atoms with van der Waals surface area (Å²) in [7, 11) is 1.15. The molecule has 0 spiro atoms. The monoisotopic (exact) mass is 484 g/mol. The van der Waals surface area contributed by atoms with Gasteiger partial charge in [0.25, 0.3) is 0 Å². The zero-order valence-electron chi connectivity index (χ0n) is 19.4. The highest BCUT2D eigenvalue weighted by Crippen LogP contribution is 2.29. The SMILES string of the molecule is CC.COC(=O)C(Cc1ccc(C(F)(F)F)cc1)NC(=O)C(N)Cc1ccc(OCCO)cc1. The molecule has 7 nitrogen and oxygen atoms in total. The van der Waals surface area contributed by atoms with Crippen LogP contribution in [0.4, 0.5) is 13.2 Å². The van der Waals surface area contributed by atoms with Gasteiger partial charge in [0.05, 0.1) is 25.3 Å². The molecule has 0 aliphatic rings. The summed E-state index contributed by atoms with van der Waals surface area (Å²) in [6.07, 6.45) is -4.34. The van der Waals surface area contributed by atoms with E-state index in [9.17, 15) is 22.8 Å². The lowest BCUT2D eigenvalue weighted by molar-refractivity contribution is -0.145. The second-order valence-electron chi connectivity index (χ2n) is 7.01. The summed E-state index contributed by atoms with van der Waals surface area (Å²) in [6, 6.07) is 9.02. The molecule has 2 rings (SSSR count). The zero-order valence-corrected chi connectivity index (χ0v) is 19.4. The van der Waals surface area contributed by atoms with Crippen LogP contribution in [0.1, 0.15) is 30.5 Å². The van der Waals surface area contributed by atoms with E-state index in [4.69, 9.17) is 20.3 Å². The average molecular weight is 485 g/mol. The van der Waals surface area contributed by atoms with E-state index in [0.717, 1.165) is 24.8 Å². The third kappa shape index (κ3) is 9.40. The second-order valence-corrected chi connectivity index (χ2v) is 7.01. The largest absolute Gasteiger partial charge is 0.491 e. The fraction of sp³-hybridized carbons (Fsp3) is 0.417. The molecular formula is C24H31F3N2O5. The van der Waals surface area contributed by atoms with E-state index < -0.39 is 35.7 Å². The number of hydrogen-bond donors (Lipinski definition) is 3. The minimum atomic E-state index is -4.47. The predicted molar refractivity (Wildman–Crippen MR) is 121 cm³/mol. The predicted octanol–water partition coefficient (Wildman–Crippen LogP) is 2.87. The number of halogens is 3. The van der Waals surface area contributed by atoms with Gasteiger partial charge in [-0.05, 0) is 41.8 Å². The molecule has 0 saturated carbocycles. The molecule has 2 atom stereocenters. The fourth-order valence-corrected chi connectivity index (χ4v) is 2.91. The molecule has 2 unspecified atom stereocenters. The normalized spacial score (nSPS) is 12.6. The first-order valence-corrected chi connectivity index (χ1v) is 10.8. The van der Waals surface area contributed by atoms with Crippen LogP contribution in [-0.4, -0.2) is 49.4 Å². The lowest BCUT2D eigenvalue weighted by Gasteiger charge is -2.20. The van der Waals surface area contributed by atoms with Crippen LogP contribution in [0.15, 0.2) is 48.5 Å². The molecule has 0 saturated heterocycles. The fourth-order valence-electron chi connectivity index (χ4n) is 2.91. The third-order valence-electron chi connectivity index (χ3n) is 4.60. The number of carbonyl (C=O) groups excluding carboxylic acids is 2. The maximum Gasteiger partial charge on any atom is 0.416 e. The van der Waals surface area contributed by atoms with Gasteiger partial charge in [0.2, 0.25) is 5.91 Å². The van der Waals surface area contributed by atoms with E-state index in [2.05, 4.69) is 5.32 Å². The molecule has 0 aromatic heterocycles. The first kappa shape index (κ1) is 28.9. The Morgan fingerprint density at radius 2 is 1.53 bits per heavy atom. The molecule has 1 amide bonds. The van der Waals surface area contributed by atoms with Crippen molar-refractivity contribution in [1.29, 1.82) is 0 Å². The number of rotatable bonds is 10. The minimum Gasteiger partial charge on any atom is -0.491 e. The van der Waals surface area contributed by atoms with Crippen LogP contribution in [0.2, 0.25) is 0 Å². The van der Waals surface area contributed by atoms with Gasteiger partial charge in [0.15, 0.2) is 0 Å². The smallest absolute Gasteiger partial charge is 0.416 e. The van der Waals surface area contributed by atoms with Crippen molar-refractivity contribution >= 4 is 11.9 Å². The number of esters is 1. The summed E-state index contributed by atoms with van der Waals surface area (Å²) in [5, 5.41) is 11.3. The Hall–Kier alpha value is -3.11. The summed E-state index contributed by atoms with van der Waals surface area (Å²) in [5.41, 5.74) is 6.32. The Morgan fingerprint density at radius 1 is 1.00 bits per heavy atom. The van der Waals surface area contributed by atoms with Crippen molar-refractivity contribution in [3.63, 3.8) is 0 Å². The number of benzene rings is 2. The number of aliphatic hydroxyl groups is 1. The molecule has 34 heavy (non-hydrogen) atoms. The van der Waals surface area contributed by atoms with Crippen molar-refractivity contribution in [3.8, 4) is 5.75 Å². The zero-order chi connectivity index (χ0) is 25.7. The summed E-state index contributed by atoms with van der Waals surface area (Å²) in [4.78, 5) is 24.6. The molecule has 2 aromatic rings. The number of alkyl halides is 3. The van der Waals surface area contributed by atoms with Crippen LogP contribution in [-0.2, 0) is 33.3 Å². The maximum absolute atomic E-state index is 12.7. The van der Waals surface area contributed by atoms with Gasteiger partial charge >= 0.3 is 12.1 Å². The van der Waals surface area contributed by atoms with Crippen molar-refractivity contribution in [2.24, 2.45) is 5.73 Å². The van der Waals surface area contributed by atoms with Gasteiger partial charge in [-0.2, -0.15) is 13.2 Å². The van der Waals surface area contributed by atoms with Crippen LogP contribution in [0, 0.1) is 0 Å². The molecule has 188 valence electrons. The molecule has 2 aromatic carbocycles. The topological polar surface area (TPSA) is 111 Å². The number of carbonyl (C=O) groups is 2. The highest BCUT2D eigenvalue weighted by Gasteiger charge is 2.30. The van der Waals surface area contributed by atoms with E-state index in [0.29, 0.717) is 11.3 Å². The van der Waals surface area contributed by atoms with Crippen LogP contribution < -0.4 is 15.8 Å². The standard InChI is InChI=1S/C22H25F3N2O5.C2H6/c1-31-21(30)19(13-15-2-6-16(7-3-15)22(23,24)25)27-20(29)18(26)12-14-4-8-17(9-5-14)32-11-10-28;1-2/h2-9,18-19,28H,10-13,26H2,1H3,(H,27,29);1-2H3. The van der Waals surface area contributed by atoms with Gasteiger partial charge in [0, 0.05) is 6.42 Å². The molecule has 0 bridgehead atoms. The second kappa shape index (κ2) is 14.2. The van der Waals surface area contributed by atoms with E-state index in [-0.39, 0.29) is 26.1 Å². The molecule has 0 aliphatic carbocycles. The van der Waals surface area contributed by atoms with Crippen LogP contribution >= 0.6 is 0 Å². The maximum atomic E-state index is 12.7. The summed E-state index contributed by atoms with van der Waals surface area (Å²) >= 11 is 0. The molecule has 4 N–H and O–H groups in total. The molecule has 0 heterocycles. The van der Waals surface area contributed by atoms with Crippen molar-refractivity contribution in [2.45, 2.75) is 44.9 Å². The quantitative estimate of drug-likeness (QED) is 0.448. The number of nitrogens with one attached hydrogen (secondary N) is 1. The molecule has 0 fully saturated rings. The lowest BCUT2D eigenvalue weighted by Crippen LogP contribution is -2.50.